The van der Waals surface area contributed by atoms with Gasteiger partial charge >= 0.3 is 0 Å². The maximum atomic E-state index is 12.0. The Hall–Kier alpha value is -0.750. The maximum absolute atomic E-state index is 12.0. The highest BCUT2D eigenvalue weighted by Crippen LogP contribution is 2.27. The lowest BCUT2D eigenvalue weighted by Crippen LogP contribution is -2.30. The van der Waals surface area contributed by atoms with Crippen LogP contribution in [-0.4, -0.2) is 24.5 Å². The average molecular weight is 409 g/mol. The van der Waals surface area contributed by atoms with Crippen molar-refractivity contribution in [3.63, 3.8) is 0 Å². The van der Waals surface area contributed by atoms with Gasteiger partial charge in [-0.2, -0.15) is 0 Å². The molecule has 1 heterocycles. The predicted octanol–water partition coefficient (Wildman–Crippen LogP) is 4.85. The van der Waals surface area contributed by atoms with E-state index in [0.29, 0.717) is 22.3 Å². The number of nitrogens with zero attached hydrogens (tertiary/aromatic N) is 1. The monoisotopic (exact) mass is 407 g/mol. The molecule has 2 rings (SSSR count). The van der Waals surface area contributed by atoms with E-state index in [1.807, 2.05) is 11.4 Å². The number of carbonyl (C=O) groups is 1. The number of carbonyl (C=O) groups excluding carboxylic acids is 1. The number of amides is 1. The molecule has 0 fully saturated rings. The summed E-state index contributed by atoms with van der Waals surface area (Å²) < 4.78 is 6.45. The molecule has 21 heavy (non-hydrogen) atoms. The number of thiophene rings is 1. The Balaban J connectivity index is 1.89. The maximum Gasteiger partial charge on any atom is 0.260 e. The van der Waals surface area contributed by atoms with E-state index in [2.05, 4.69) is 15.9 Å². The molecule has 0 spiro atoms. The molecule has 3 nitrogen and oxygen atoms in total. The van der Waals surface area contributed by atoms with Crippen LogP contribution in [0.25, 0.3) is 0 Å². The molecule has 1 aromatic heterocycles. The summed E-state index contributed by atoms with van der Waals surface area (Å²) in [6.45, 7) is 0.483. The summed E-state index contributed by atoms with van der Waals surface area (Å²) in [5, 5.41) is 2.90. The third-order valence-electron chi connectivity index (χ3n) is 2.69. The minimum absolute atomic E-state index is 0.0651. The fraction of sp³-hybridized carbons (Fsp3) is 0.214. The number of likely N-dealkylation sites (N-methyl/N-ethyl adjacent to an activating group) is 1. The number of hydrogen-bond acceptors (Lipinski definition) is 3. The molecule has 2 aromatic rings. The zero-order chi connectivity index (χ0) is 15.4. The van der Waals surface area contributed by atoms with Crippen molar-refractivity contribution in [3.8, 4) is 5.75 Å². The highest BCUT2D eigenvalue weighted by Gasteiger charge is 2.12. The SMILES string of the molecule is CN(Cc1cc(Br)cs1)C(=O)COc1ccc(Cl)cc1Cl. The Morgan fingerprint density at radius 3 is 2.76 bits per heavy atom. The zero-order valence-electron chi connectivity index (χ0n) is 11.1. The van der Waals surface area contributed by atoms with Gasteiger partial charge in [0.25, 0.3) is 5.91 Å². The van der Waals surface area contributed by atoms with E-state index in [9.17, 15) is 4.79 Å². The van der Waals surface area contributed by atoms with Gasteiger partial charge < -0.3 is 9.64 Å². The van der Waals surface area contributed by atoms with Crippen LogP contribution in [0.3, 0.4) is 0 Å². The van der Waals surface area contributed by atoms with E-state index in [0.717, 1.165) is 9.35 Å². The number of halogens is 3. The van der Waals surface area contributed by atoms with Gasteiger partial charge in [0.2, 0.25) is 0 Å². The molecule has 0 radical (unpaired) electrons. The van der Waals surface area contributed by atoms with Crippen molar-refractivity contribution in [2.45, 2.75) is 6.54 Å². The second-order valence-corrected chi connectivity index (χ2v) is 7.10. The topological polar surface area (TPSA) is 29.5 Å². The van der Waals surface area contributed by atoms with Crippen molar-refractivity contribution in [2.24, 2.45) is 0 Å². The van der Waals surface area contributed by atoms with Gasteiger partial charge in [0, 0.05) is 26.8 Å². The summed E-state index contributed by atoms with van der Waals surface area (Å²) in [6.07, 6.45) is 0. The van der Waals surface area contributed by atoms with Gasteiger partial charge in [0.1, 0.15) is 5.75 Å². The molecule has 7 heteroatoms. The van der Waals surface area contributed by atoms with Crippen LogP contribution in [0.1, 0.15) is 4.88 Å². The molecular weight excluding hydrogens is 397 g/mol. The van der Waals surface area contributed by atoms with Crippen molar-refractivity contribution >= 4 is 56.4 Å². The first kappa shape index (κ1) is 16.6. The van der Waals surface area contributed by atoms with Crippen LogP contribution in [0.15, 0.2) is 34.1 Å². The van der Waals surface area contributed by atoms with Crippen molar-refractivity contribution in [2.75, 3.05) is 13.7 Å². The summed E-state index contributed by atoms with van der Waals surface area (Å²) in [6, 6.07) is 6.88. The van der Waals surface area contributed by atoms with E-state index >= 15 is 0 Å². The van der Waals surface area contributed by atoms with Gasteiger partial charge in [-0.3, -0.25) is 4.79 Å². The van der Waals surface area contributed by atoms with Crippen LogP contribution in [0, 0.1) is 0 Å². The van der Waals surface area contributed by atoms with Gasteiger partial charge in [-0.1, -0.05) is 23.2 Å². The van der Waals surface area contributed by atoms with Gasteiger partial charge in [0.05, 0.1) is 11.6 Å². The first-order valence-corrected chi connectivity index (χ1v) is 8.43. The Morgan fingerprint density at radius 2 is 2.14 bits per heavy atom. The summed E-state index contributed by atoms with van der Waals surface area (Å²) >= 11 is 16.8. The van der Waals surface area contributed by atoms with Crippen molar-refractivity contribution in [3.05, 3.63) is 49.0 Å². The normalized spacial score (nSPS) is 10.5. The Morgan fingerprint density at radius 1 is 1.38 bits per heavy atom. The molecule has 0 atom stereocenters. The molecule has 0 N–H and O–H groups in total. The highest BCUT2D eigenvalue weighted by atomic mass is 79.9. The Labute approximate surface area is 145 Å². The average Bonchev–Trinajstić information content (AvgIpc) is 2.82. The fourth-order valence-corrected chi connectivity index (χ4v) is 3.57. The molecule has 0 saturated carbocycles. The molecule has 1 amide bonds. The first-order chi connectivity index (χ1) is 9.95. The lowest BCUT2D eigenvalue weighted by atomic mass is 10.3. The Kier molecular flexibility index (Phi) is 5.93. The number of ether oxygens (including phenoxy) is 1. The summed E-state index contributed by atoms with van der Waals surface area (Å²) in [4.78, 5) is 14.7. The Bertz CT molecular complexity index is 648. The predicted molar refractivity (Wildman–Crippen MR) is 90.5 cm³/mol. The summed E-state index contributed by atoms with van der Waals surface area (Å²) in [5.41, 5.74) is 0. The summed E-state index contributed by atoms with van der Waals surface area (Å²) in [7, 11) is 1.74. The van der Waals surface area contributed by atoms with E-state index < -0.39 is 0 Å². The zero-order valence-corrected chi connectivity index (χ0v) is 15.0. The van der Waals surface area contributed by atoms with Gasteiger partial charge in [-0.05, 0) is 40.2 Å². The molecule has 0 aliphatic rings. The summed E-state index contributed by atoms with van der Waals surface area (Å²) in [5.74, 6) is 0.326. The molecule has 0 bridgehead atoms. The van der Waals surface area contributed by atoms with Crippen LogP contribution in [0.2, 0.25) is 10.0 Å². The molecule has 0 unspecified atom stereocenters. The van der Waals surface area contributed by atoms with E-state index in [-0.39, 0.29) is 12.5 Å². The van der Waals surface area contributed by atoms with Crippen LogP contribution >= 0.6 is 50.5 Å². The molecule has 0 saturated heterocycles. The van der Waals surface area contributed by atoms with Gasteiger partial charge in [-0.15, -0.1) is 11.3 Å². The molecule has 0 aliphatic heterocycles. The lowest BCUT2D eigenvalue weighted by Gasteiger charge is -2.17. The molecule has 0 aliphatic carbocycles. The van der Waals surface area contributed by atoms with E-state index in [1.54, 1.807) is 41.5 Å². The second kappa shape index (κ2) is 7.49. The third kappa shape index (κ3) is 4.88. The van der Waals surface area contributed by atoms with Gasteiger partial charge in [-0.25, -0.2) is 0 Å². The number of benzene rings is 1. The standard InChI is InChI=1S/C14H12BrCl2NO2S/c1-18(6-11-4-9(15)8-21-11)14(19)7-20-13-3-2-10(16)5-12(13)17/h2-5,8H,6-7H2,1H3. The quantitative estimate of drug-likeness (QED) is 0.707. The van der Waals surface area contributed by atoms with Gasteiger partial charge in [0.15, 0.2) is 6.61 Å². The minimum atomic E-state index is -0.120. The van der Waals surface area contributed by atoms with E-state index in [1.165, 1.54) is 0 Å². The lowest BCUT2D eigenvalue weighted by molar-refractivity contribution is -0.132. The number of rotatable bonds is 5. The van der Waals surface area contributed by atoms with Crippen LogP contribution in [0.5, 0.6) is 5.75 Å². The largest absolute Gasteiger partial charge is 0.482 e. The fourth-order valence-electron chi connectivity index (χ4n) is 1.60. The van der Waals surface area contributed by atoms with Crippen molar-refractivity contribution in [1.82, 2.24) is 4.90 Å². The molecule has 112 valence electrons. The van der Waals surface area contributed by atoms with Crippen molar-refractivity contribution < 1.29 is 9.53 Å². The number of hydrogen-bond donors (Lipinski definition) is 0. The smallest absolute Gasteiger partial charge is 0.260 e. The van der Waals surface area contributed by atoms with Crippen LogP contribution in [0.4, 0.5) is 0 Å². The van der Waals surface area contributed by atoms with Crippen molar-refractivity contribution in [1.29, 1.82) is 0 Å². The highest BCUT2D eigenvalue weighted by molar-refractivity contribution is 9.10. The van der Waals surface area contributed by atoms with Crippen LogP contribution < -0.4 is 4.74 Å². The minimum Gasteiger partial charge on any atom is -0.482 e. The van der Waals surface area contributed by atoms with E-state index in [4.69, 9.17) is 27.9 Å². The molecule has 1 aromatic carbocycles. The molecular formula is C14H12BrCl2NO2S. The third-order valence-corrected chi connectivity index (χ3v) is 4.90. The second-order valence-electron chi connectivity index (χ2n) is 4.34. The van der Waals surface area contributed by atoms with Crippen LogP contribution in [-0.2, 0) is 11.3 Å². The first-order valence-electron chi connectivity index (χ1n) is 6.00.